The van der Waals surface area contributed by atoms with Crippen LogP contribution in [0.5, 0.6) is 0 Å². The minimum Gasteiger partial charge on any atom is -0.469 e. The highest BCUT2D eigenvalue weighted by Gasteiger charge is 2.47. The Balaban J connectivity index is 2.38. The van der Waals surface area contributed by atoms with Crippen LogP contribution in [0.4, 0.5) is 0 Å². The first-order valence-electron chi connectivity index (χ1n) is 8.55. The lowest BCUT2D eigenvalue weighted by Crippen LogP contribution is -2.48. The molecule has 0 bridgehead atoms. The van der Waals surface area contributed by atoms with Gasteiger partial charge >= 0.3 is 5.97 Å². The molecule has 1 unspecified atom stereocenters. The van der Waals surface area contributed by atoms with Crippen molar-refractivity contribution in [1.29, 1.82) is 0 Å². The third kappa shape index (κ3) is 3.36. The molecular formula is C20H25NO4. The number of esters is 1. The summed E-state index contributed by atoms with van der Waals surface area (Å²) in [7, 11) is 1.33. The topological polar surface area (TPSA) is 63.7 Å². The van der Waals surface area contributed by atoms with Crippen LogP contribution in [-0.4, -0.2) is 36.3 Å². The van der Waals surface area contributed by atoms with E-state index in [0.717, 1.165) is 12.8 Å². The van der Waals surface area contributed by atoms with Crippen LogP contribution in [0.15, 0.2) is 36.9 Å². The molecule has 5 heteroatoms. The quantitative estimate of drug-likeness (QED) is 0.412. The molecule has 1 heterocycles. The summed E-state index contributed by atoms with van der Waals surface area (Å²) in [4.78, 5) is 39.1. The third-order valence-corrected chi connectivity index (χ3v) is 5.01. The Morgan fingerprint density at radius 1 is 1.28 bits per heavy atom. The zero-order valence-corrected chi connectivity index (χ0v) is 15.1. The number of methoxy groups -OCH3 is 1. The lowest BCUT2D eigenvalue weighted by atomic mass is 9.72. The fraction of sp³-hybridized carbons (Fsp3) is 0.450. The van der Waals surface area contributed by atoms with Crippen molar-refractivity contribution in [3.8, 4) is 0 Å². The molecule has 0 saturated carbocycles. The number of amides is 2. The molecule has 2 rings (SSSR count). The van der Waals surface area contributed by atoms with Gasteiger partial charge in [-0.3, -0.25) is 19.3 Å². The van der Waals surface area contributed by atoms with Crippen molar-refractivity contribution in [2.75, 3.05) is 13.7 Å². The molecule has 0 aliphatic carbocycles. The van der Waals surface area contributed by atoms with Gasteiger partial charge in [-0.15, -0.1) is 6.58 Å². The number of fused-ring (bicyclic) bond motifs is 1. The van der Waals surface area contributed by atoms with Gasteiger partial charge in [-0.25, -0.2) is 0 Å². The summed E-state index contributed by atoms with van der Waals surface area (Å²) in [6.45, 7) is 7.59. The predicted molar refractivity (Wildman–Crippen MR) is 95.1 cm³/mol. The summed E-state index contributed by atoms with van der Waals surface area (Å²) >= 11 is 0. The van der Waals surface area contributed by atoms with Gasteiger partial charge in [0.1, 0.15) is 0 Å². The Hall–Kier alpha value is -2.43. The van der Waals surface area contributed by atoms with Gasteiger partial charge in [0, 0.05) is 6.54 Å². The van der Waals surface area contributed by atoms with E-state index in [0.29, 0.717) is 17.5 Å². The summed E-state index contributed by atoms with van der Waals surface area (Å²) in [6.07, 6.45) is 4.04. The zero-order valence-electron chi connectivity index (χ0n) is 15.1. The molecule has 0 fully saturated rings. The maximum Gasteiger partial charge on any atom is 0.313 e. The molecule has 1 aromatic rings. The number of carbonyl (C=O) groups excluding carboxylic acids is 3. The summed E-state index contributed by atoms with van der Waals surface area (Å²) < 4.78 is 5.02. The Morgan fingerprint density at radius 3 is 2.28 bits per heavy atom. The van der Waals surface area contributed by atoms with E-state index >= 15 is 0 Å². The van der Waals surface area contributed by atoms with Crippen LogP contribution >= 0.6 is 0 Å². The highest BCUT2D eigenvalue weighted by atomic mass is 16.5. The van der Waals surface area contributed by atoms with E-state index in [4.69, 9.17) is 4.74 Å². The van der Waals surface area contributed by atoms with Crippen LogP contribution < -0.4 is 0 Å². The first-order chi connectivity index (χ1) is 11.9. The molecule has 0 spiro atoms. The standard InChI is InChI=1S/C20H25NO4/c1-5-9-14(10-6-2)20(3,19(24)25-4)13-21-17(22)15-11-7-8-12-16(15)18(21)23/h5,7-8,11-12,14H,1,6,9-10,13H2,2-4H3/t14?,20-/m1/s1. The van der Waals surface area contributed by atoms with Crippen molar-refractivity contribution in [2.45, 2.75) is 33.1 Å². The molecule has 1 aliphatic rings. The van der Waals surface area contributed by atoms with Crippen LogP contribution in [-0.2, 0) is 9.53 Å². The second-order valence-electron chi connectivity index (χ2n) is 6.66. The number of ether oxygens (including phenoxy) is 1. The maximum absolute atomic E-state index is 12.7. The van der Waals surface area contributed by atoms with Gasteiger partial charge in [-0.1, -0.05) is 31.6 Å². The normalized spacial score (nSPS) is 17.0. The van der Waals surface area contributed by atoms with Crippen LogP contribution in [0.3, 0.4) is 0 Å². The second-order valence-corrected chi connectivity index (χ2v) is 6.66. The van der Waals surface area contributed by atoms with Crippen LogP contribution in [0.1, 0.15) is 53.8 Å². The number of rotatable bonds is 8. The Labute approximate surface area is 148 Å². The molecule has 1 aromatic carbocycles. The van der Waals surface area contributed by atoms with E-state index in [2.05, 4.69) is 6.58 Å². The summed E-state index contributed by atoms with van der Waals surface area (Å²) in [5, 5.41) is 0. The van der Waals surface area contributed by atoms with Crippen LogP contribution in [0.2, 0.25) is 0 Å². The largest absolute Gasteiger partial charge is 0.469 e. The Bertz CT molecular complexity index is 662. The molecule has 0 saturated heterocycles. The van der Waals surface area contributed by atoms with E-state index in [9.17, 15) is 14.4 Å². The number of carbonyl (C=O) groups is 3. The summed E-state index contributed by atoms with van der Waals surface area (Å²) in [6, 6.07) is 6.73. The summed E-state index contributed by atoms with van der Waals surface area (Å²) in [5.74, 6) is -1.19. The predicted octanol–water partition coefficient (Wildman–Crippen LogP) is 3.45. The van der Waals surface area contributed by atoms with Crippen molar-refractivity contribution < 1.29 is 19.1 Å². The zero-order chi connectivity index (χ0) is 18.6. The van der Waals surface area contributed by atoms with E-state index in [-0.39, 0.29) is 24.3 Å². The number of allylic oxidation sites excluding steroid dienone is 1. The fourth-order valence-corrected chi connectivity index (χ4v) is 3.55. The van der Waals surface area contributed by atoms with E-state index in [1.54, 1.807) is 37.3 Å². The first-order valence-corrected chi connectivity index (χ1v) is 8.55. The Morgan fingerprint density at radius 2 is 1.84 bits per heavy atom. The lowest BCUT2D eigenvalue weighted by Gasteiger charge is -2.37. The van der Waals surface area contributed by atoms with Gasteiger partial charge in [0.15, 0.2) is 0 Å². The molecule has 2 amide bonds. The smallest absolute Gasteiger partial charge is 0.313 e. The Kier molecular flexibility index (Phi) is 5.77. The molecular weight excluding hydrogens is 318 g/mol. The van der Waals surface area contributed by atoms with Gasteiger partial charge in [-0.2, -0.15) is 0 Å². The average molecular weight is 343 g/mol. The highest BCUT2D eigenvalue weighted by Crippen LogP contribution is 2.38. The van der Waals surface area contributed by atoms with E-state index in [1.807, 2.05) is 6.92 Å². The SMILES string of the molecule is C=CCC(CCC)[C@@](C)(CN1C(=O)c2ccccc2C1=O)C(=O)OC. The third-order valence-electron chi connectivity index (χ3n) is 5.01. The number of hydrogen-bond acceptors (Lipinski definition) is 4. The average Bonchev–Trinajstić information content (AvgIpc) is 2.86. The molecule has 134 valence electrons. The fourth-order valence-electron chi connectivity index (χ4n) is 3.55. The maximum atomic E-state index is 12.7. The summed E-state index contributed by atoms with van der Waals surface area (Å²) in [5.41, 5.74) is -0.210. The van der Waals surface area contributed by atoms with Crippen molar-refractivity contribution in [2.24, 2.45) is 11.3 Å². The van der Waals surface area contributed by atoms with E-state index < -0.39 is 11.4 Å². The molecule has 5 nitrogen and oxygen atoms in total. The number of hydrogen-bond donors (Lipinski definition) is 0. The molecule has 0 radical (unpaired) electrons. The first kappa shape index (κ1) is 18.9. The van der Waals surface area contributed by atoms with Crippen molar-refractivity contribution in [1.82, 2.24) is 4.90 Å². The van der Waals surface area contributed by atoms with Gasteiger partial charge < -0.3 is 4.74 Å². The van der Waals surface area contributed by atoms with E-state index in [1.165, 1.54) is 12.0 Å². The monoisotopic (exact) mass is 343 g/mol. The molecule has 0 N–H and O–H groups in total. The molecule has 2 atom stereocenters. The number of benzene rings is 1. The van der Waals surface area contributed by atoms with Crippen molar-refractivity contribution >= 4 is 17.8 Å². The minimum absolute atomic E-state index is 0.00449. The second kappa shape index (κ2) is 7.64. The molecule has 0 aromatic heterocycles. The van der Waals surface area contributed by atoms with Crippen molar-refractivity contribution in [3.05, 3.63) is 48.0 Å². The number of nitrogens with zero attached hydrogens (tertiary/aromatic N) is 1. The molecule has 1 aliphatic heterocycles. The van der Waals surface area contributed by atoms with Gasteiger partial charge in [-0.05, 0) is 37.8 Å². The lowest BCUT2D eigenvalue weighted by molar-refractivity contribution is -0.156. The highest BCUT2D eigenvalue weighted by molar-refractivity contribution is 6.21. The van der Waals surface area contributed by atoms with Crippen LogP contribution in [0.25, 0.3) is 0 Å². The van der Waals surface area contributed by atoms with Gasteiger partial charge in [0.2, 0.25) is 0 Å². The minimum atomic E-state index is -0.980. The molecule has 25 heavy (non-hydrogen) atoms. The van der Waals surface area contributed by atoms with Gasteiger partial charge in [0.05, 0.1) is 23.7 Å². The van der Waals surface area contributed by atoms with Gasteiger partial charge in [0.25, 0.3) is 11.8 Å². The van der Waals surface area contributed by atoms with Crippen molar-refractivity contribution in [3.63, 3.8) is 0 Å². The number of imide groups is 1. The van der Waals surface area contributed by atoms with Crippen LogP contribution in [0, 0.1) is 11.3 Å².